The Morgan fingerprint density at radius 3 is 2.91 bits per heavy atom. The zero-order valence-electron chi connectivity index (χ0n) is 13.0. The lowest BCUT2D eigenvalue weighted by atomic mass is 10.2. The number of nitrogens with one attached hydrogen (secondary N) is 1. The van der Waals surface area contributed by atoms with E-state index >= 15 is 0 Å². The van der Waals surface area contributed by atoms with Gasteiger partial charge < -0.3 is 14.5 Å². The van der Waals surface area contributed by atoms with Gasteiger partial charge in [-0.2, -0.15) is 0 Å². The summed E-state index contributed by atoms with van der Waals surface area (Å²) in [6, 6.07) is 0.750. The molecule has 1 saturated heterocycles. The summed E-state index contributed by atoms with van der Waals surface area (Å²) in [5.41, 5.74) is 0.684. The van der Waals surface area contributed by atoms with Crippen molar-refractivity contribution in [2.24, 2.45) is 0 Å². The Kier molecular flexibility index (Phi) is 3.66. The zero-order valence-corrected chi connectivity index (χ0v) is 13.0. The molecule has 0 spiro atoms. The quantitative estimate of drug-likeness (QED) is 0.892. The van der Waals surface area contributed by atoms with Crippen molar-refractivity contribution in [1.29, 1.82) is 0 Å². The molecule has 0 aromatic carbocycles. The number of hydrogen-bond acceptors (Lipinski definition) is 5. The summed E-state index contributed by atoms with van der Waals surface area (Å²) in [7, 11) is 0. The molecule has 2 heterocycles. The van der Waals surface area contributed by atoms with Crippen LogP contribution in [-0.4, -0.2) is 54.2 Å². The number of morpholine rings is 1. The maximum Gasteiger partial charge on any atom is 0.289 e. The van der Waals surface area contributed by atoms with Gasteiger partial charge in [0.2, 0.25) is 5.76 Å². The fourth-order valence-corrected chi connectivity index (χ4v) is 3.06. The molecule has 0 bridgehead atoms. The molecule has 3 aliphatic rings. The minimum absolute atomic E-state index is 0.0735. The molecule has 6 heteroatoms. The highest BCUT2D eigenvalue weighted by Gasteiger charge is 2.34. The van der Waals surface area contributed by atoms with Crippen LogP contribution in [0.5, 0.6) is 0 Å². The highest BCUT2D eigenvalue weighted by molar-refractivity contribution is 5.92. The normalized spacial score (nSPS) is 26.1. The summed E-state index contributed by atoms with van der Waals surface area (Å²) in [5, 5.41) is 2.94. The lowest BCUT2D eigenvalue weighted by Crippen LogP contribution is -2.48. The Morgan fingerprint density at radius 2 is 2.18 bits per heavy atom. The number of oxazole rings is 1. The highest BCUT2D eigenvalue weighted by Crippen LogP contribution is 2.40. The van der Waals surface area contributed by atoms with Crippen LogP contribution in [0.4, 0.5) is 0 Å². The maximum absolute atomic E-state index is 12.3. The average molecular weight is 305 g/mol. The number of aromatic nitrogens is 1. The van der Waals surface area contributed by atoms with Gasteiger partial charge in [-0.15, -0.1) is 0 Å². The largest absolute Gasteiger partial charge is 0.435 e. The van der Waals surface area contributed by atoms with E-state index in [2.05, 4.69) is 15.2 Å². The van der Waals surface area contributed by atoms with E-state index in [1.807, 2.05) is 6.92 Å². The molecule has 1 aromatic heterocycles. The second kappa shape index (κ2) is 5.66. The number of nitrogens with zero attached hydrogens (tertiary/aromatic N) is 2. The van der Waals surface area contributed by atoms with Gasteiger partial charge in [0, 0.05) is 31.6 Å². The number of hydrogen-bond donors (Lipinski definition) is 1. The third-order valence-corrected chi connectivity index (χ3v) is 4.67. The third kappa shape index (κ3) is 3.03. The van der Waals surface area contributed by atoms with Gasteiger partial charge in [0.1, 0.15) is 0 Å². The molecule has 22 heavy (non-hydrogen) atoms. The first-order valence-corrected chi connectivity index (χ1v) is 8.32. The minimum Gasteiger partial charge on any atom is -0.435 e. The van der Waals surface area contributed by atoms with Crippen LogP contribution in [0.25, 0.3) is 0 Å². The summed E-state index contributed by atoms with van der Waals surface area (Å²) in [6.45, 7) is 5.04. The zero-order chi connectivity index (χ0) is 15.1. The Balaban J connectivity index is 1.31. The Bertz CT molecular complexity index is 563. The Labute approximate surface area is 130 Å². The van der Waals surface area contributed by atoms with Gasteiger partial charge in [0.15, 0.2) is 5.89 Å². The molecule has 1 atom stereocenters. The van der Waals surface area contributed by atoms with E-state index in [1.165, 1.54) is 12.8 Å². The number of ether oxygens (including phenoxy) is 1. The third-order valence-electron chi connectivity index (χ3n) is 4.67. The number of aryl methyl sites for hydroxylation is 1. The van der Waals surface area contributed by atoms with Gasteiger partial charge in [0.25, 0.3) is 5.91 Å². The van der Waals surface area contributed by atoms with Crippen molar-refractivity contribution in [3.63, 3.8) is 0 Å². The van der Waals surface area contributed by atoms with Gasteiger partial charge in [-0.25, -0.2) is 4.98 Å². The van der Waals surface area contributed by atoms with Crippen LogP contribution in [0.3, 0.4) is 0 Å². The molecular formula is C16H23N3O3. The van der Waals surface area contributed by atoms with Crippen LogP contribution in [0.1, 0.15) is 53.7 Å². The monoisotopic (exact) mass is 305 g/mol. The summed E-state index contributed by atoms with van der Waals surface area (Å²) >= 11 is 0. The minimum atomic E-state index is -0.177. The van der Waals surface area contributed by atoms with Crippen LogP contribution in [0, 0.1) is 6.92 Å². The van der Waals surface area contributed by atoms with Crippen LogP contribution >= 0.6 is 0 Å². The van der Waals surface area contributed by atoms with Crippen molar-refractivity contribution in [2.75, 3.05) is 26.2 Å². The first-order chi connectivity index (χ1) is 10.7. The topological polar surface area (TPSA) is 67.6 Å². The molecular weight excluding hydrogens is 282 g/mol. The lowest BCUT2D eigenvalue weighted by molar-refractivity contribution is -0.0294. The first kappa shape index (κ1) is 14.2. The predicted molar refractivity (Wildman–Crippen MR) is 79.9 cm³/mol. The van der Waals surface area contributed by atoms with Crippen molar-refractivity contribution in [1.82, 2.24) is 15.2 Å². The van der Waals surface area contributed by atoms with Crippen LogP contribution in [0.15, 0.2) is 4.42 Å². The molecule has 6 nitrogen and oxygen atoms in total. The van der Waals surface area contributed by atoms with E-state index in [9.17, 15) is 4.79 Å². The van der Waals surface area contributed by atoms with E-state index in [0.29, 0.717) is 23.9 Å². The molecule has 2 saturated carbocycles. The van der Waals surface area contributed by atoms with E-state index in [4.69, 9.17) is 9.15 Å². The average Bonchev–Trinajstić information content (AvgIpc) is 3.43. The van der Waals surface area contributed by atoms with Crippen molar-refractivity contribution in [3.8, 4) is 0 Å². The predicted octanol–water partition coefficient (Wildman–Crippen LogP) is 1.45. The van der Waals surface area contributed by atoms with E-state index < -0.39 is 0 Å². The second-order valence-electron chi connectivity index (χ2n) is 6.67. The number of carbonyl (C=O) groups excluding carboxylic acids is 1. The number of rotatable bonds is 5. The Hall–Kier alpha value is -1.40. The first-order valence-electron chi connectivity index (χ1n) is 8.32. The van der Waals surface area contributed by atoms with E-state index in [1.54, 1.807) is 0 Å². The summed E-state index contributed by atoms with van der Waals surface area (Å²) in [4.78, 5) is 19.1. The molecule has 1 aliphatic heterocycles. The smallest absolute Gasteiger partial charge is 0.289 e. The summed E-state index contributed by atoms with van der Waals surface area (Å²) < 4.78 is 11.4. The van der Waals surface area contributed by atoms with Crippen molar-refractivity contribution in [3.05, 3.63) is 17.3 Å². The van der Waals surface area contributed by atoms with Crippen molar-refractivity contribution in [2.45, 2.75) is 50.7 Å². The molecule has 1 unspecified atom stereocenters. The van der Waals surface area contributed by atoms with Crippen LogP contribution < -0.4 is 5.32 Å². The summed E-state index contributed by atoms with van der Waals surface area (Å²) in [5.74, 6) is 1.33. The maximum atomic E-state index is 12.3. The van der Waals surface area contributed by atoms with Gasteiger partial charge in [-0.1, -0.05) is 0 Å². The lowest BCUT2D eigenvalue weighted by Gasteiger charge is -2.32. The molecule has 0 radical (unpaired) electrons. The molecule has 120 valence electrons. The van der Waals surface area contributed by atoms with Crippen LogP contribution in [-0.2, 0) is 4.74 Å². The molecule has 4 rings (SSSR count). The van der Waals surface area contributed by atoms with Crippen LogP contribution in [0.2, 0.25) is 0 Å². The standard InChI is InChI=1S/C16H23N3O3/c1-10-14(22-16(18-10)11-2-3-11)15(20)17-8-13-9-19(6-7-21-13)12-4-5-12/h11-13H,2-9H2,1H3,(H,17,20). The fourth-order valence-electron chi connectivity index (χ4n) is 3.06. The number of amides is 1. The second-order valence-corrected chi connectivity index (χ2v) is 6.67. The Morgan fingerprint density at radius 1 is 1.36 bits per heavy atom. The molecule has 3 fully saturated rings. The molecule has 1 N–H and O–H groups in total. The number of carbonyl (C=O) groups is 1. The SMILES string of the molecule is Cc1nc(C2CC2)oc1C(=O)NCC1CN(C2CC2)CCO1. The van der Waals surface area contributed by atoms with Crippen molar-refractivity contribution < 1.29 is 13.9 Å². The van der Waals surface area contributed by atoms with Gasteiger partial charge >= 0.3 is 0 Å². The van der Waals surface area contributed by atoms with Gasteiger partial charge in [-0.05, 0) is 32.6 Å². The molecule has 2 aliphatic carbocycles. The van der Waals surface area contributed by atoms with Gasteiger partial charge in [0.05, 0.1) is 18.4 Å². The van der Waals surface area contributed by atoms with Gasteiger partial charge in [-0.3, -0.25) is 9.69 Å². The van der Waals surface area contributed by atoms with E-state index in [0.717, 1.165) is 44.5 Å². The fraction of sp³-hybridized carbons (Fsp3) is 0.750. The molecule has 1 amide bonds. The summed E-state index contributed by atoms with van der Waals surface area (Å²) in [6.07, 6.45) is 4.92. The molecule has 1 aromatic rings. The van der Waals surface area contributed by atoms with Crippen molar-refractivity contribution >= 4 is 5.91 Å². The van der Waals surface area contributed by atoms with E-state index in [-0.39, 0.29) is 12.0 Å². The highest BCUT2D eigenvalue weighted by atomic mass is 16.5.